The van der Waals surface area contributed by atoms with Crippen LogP contribution in [-0.4, -0.2) is 6.04 Å². The quantitative estimate of drug-likeness (QED) is 0.857. The topological polar surface area (TPSA) is 21.3 Å². The second-order valence-electron chi connectivity index (χ2n) is 5.57. The lowest BCUT2D eigenvalue weighted by atomic mass is 10.1. The lowest BCUT2D eigenvalue weighted by Crippen LogP contribution is -2.22. The fraction of sp³-hybridized carbons (Fsp3) is 0.333. The summed E-state index contributed by atoms with van der Waals surface area (Å²) in [6, 6.07) is 14.9. The standard InChI is InChI=1S/C18H23NO/c1-13(2)19-12-16-7-5-6-8-18(16)20-17-10-14(3)9-15(4)11-17/h5-11,13,19H,12H2,1-4H3. The first kappa shape index (κ1) is 14.6. The van der Waals surface area contributed by atoms with Gasteiger partial charge in [0, 0.05) is 18.2 Å². The van der Waals surface area contributed by atoms with Gasteiger partial charge in [-0.15, -0.1) is 0 Å². The van der Waals surface area contributed by atoms with Gasteiger partial charge in [0.15, 0.2) is 0 Å². The molecule has 0 spiro atoms. The molecule has 2 aromatic carbocycles. The Balaban J connectivity index is 2.20. The molecule has 0 heterocycles. The number of hydrogen-bond donors (Lipinski definition) is 1. The van der Waals surface area contributed by atoms with E-state index in [0.717, 1.165) is 18.0 Å². The molecule has 0 aliphatic heterocycles. The Morgan fingerprint density at radius 3 is 2.30 bits per heavy atom. The zero-order chi connectivity index (χ0) is 14.5. The van der Waals surface area contributed by atoms with E-state index in [0.29, 0.717) is 6.04 Å². The monoisotopic (exact) mass is 269 g/mol. The molecule has 2 nitrogen and oxygen atoms in total. The first-order valence-electron chi connectivity index (χ1n) is 7.12. The molecule has 0 fully saturated rings. The molecule has 2 rings (SSSR count). The molecule has 2 aromatic rings. The van der Waals surface area contributed by atoms with E-state index in [-0.39, 0.29) is 0 Å². The summed E-state index contributed by atoms with van der Waals surface area (Å²) in [5, 5.41) is 3.43. The molecule has 0 amide bonds. The highest BCUT2D eigenvalue weighted by Crippen LogP contribution is 2.26. The molecule has 0 saturated carbocycles. The van der Waals surface area contributed by atoms with Crippen LogP contribution in [0.25, 0.3) is 0 Å². The average Bonchev–Trinajstić information content (AvgIpc) is 2.36. The molecule has 2 heteroatoms. The van der Waals surface area contributed by atoms with Crippen molar-refractivity contribution >= 4 is 0 Å². The first-order valence-corrected chi connectivity index (χ1v) is 7.12. The van der Waals surface area contributed by atoms with Crippen molar-refractivity contribution in [3.8, 4) is 11.5 Å². The Kier molecular flexibility index (Phi) is 4.80. The lowest BCUT2D eigenvalue weighted by molar-refractivity contribution is 0.469. The molecule has 0 aliphatic rings. The van der Waals surface area contributed by atoms with E-state index < -0.39 is 0 Å². The van der Waals surface area contributed by atoms with Crippen LogP contribution in [0.3, 0.4) is 0 Å². The first-order chi connectivity index (χ1) is 9.54. The molecular weight excluding hydrogens is 246 g/mol. The van der Waals surface area contributed by atoms with Gasteiger partial charge in [0.25, 0.3) is 0 Å². The molecule has 1 N–H and O–H groups in total. The van der Waals surface area contributed by atoms with E-state index in [4.69, 9.17) is 4.74 Å². The summed E-state index contributed by atoms with van der Waals surface area (Å²) in [7, 11) is 0. The van der Waals surface area contributed by atoms with Crippen LogP contribution in [0.2, 0.25) is 0 Å². The molecule has 0 unspecified atom stereocenters. The van der Waals surface area contributed by atoms with Crippen molar-refractivity contribution in [1.29, 1.82) is 0 Å². The molecular formula is C18H23NO. The zero-order valence-corrected chi connectivity index (χ0v) is 12.7. The average molecular weight is 269 g/mol. The van der Waals surface area contributed by atoms with Gasteiger partial charge in [0.1, 0.15) is 11.5 Å². The number of para-hydroxylation sites is 1. The van der Waals surface area contributed by atoms with Crippen molar-refractivity contribution in [3.63, 3.8) is 0 Å². The number of ether oxygens (including phenoxy) is 1. The van der Waals surface area contributed by atoms with E-state index in [1.54, 1.807) is 0 Å². The maximum atomic E-state index is 6.06. The Hall–Kier alpha value is -1.80. The predicted molar refractivity (Wildman–Crippen MR) is 84.4 cm³/mol. The third kappa shape index (κ3) is 4.10. The Bertz CT molecular complexity index is 555. The number of aryl methyl sites for hydroxylation is 2. The summed E-state index contributed by atoms with van der Waals surface area (Å²) < 4.78 is 6.06. The maximum Gasteiger partial charge on any atom is 0.131 e. The fourth-order valence-corrected chi connectivity index (χ4v) is 2.18. The van der Waals surface area contributed by atoms with Gasteiger partial charge in [-0.2, -0.15) is 0 Å². The summed E-state index contributed by atoms with van der Waals surface area (Å²) in [4.78, 5) is 0. The molecule has 20 heavy (non-hydrogen) atoms. The Labute approximate surface area is 121 Å². The van der Waals surface area contributed by atoms with E-state index in [1.165, 1.54) is 16.7 Å². The van der Waals surface area contributed by atoms with Crippen molar-refractivity contribution in [1.82, 2.24) is 5.32 Å². The van der Waals surface area contributed by atoms with Crippen molar-refractivity contribution in [2.45, 2.75) is 40.3 Å². The molecule has 0 aliphatic carbocycles. The Morgan fingerprint density at radius 1 is 1.00 bits per heavy atom. The highest BCUT2D eigenvalue weighted by atomic mass is 16.5. The number of rotatable bonds is 5. The van der Waals surface area contributed by atoms with Crippen molar-refractivity contribution in [3.05, 3.63) is 59.2 Å². The summed E-state index contributed by atoms with van der Waals surface area (Å²) in [6.45, 7) is 9.29. The van der Waals surface area contributed by atoms with Crippen LogP contribution in [0.4, 0.5) is 0 Å². The van der Waals surface area contributed by atoms with E-state index in [2.05, 4.69) is 57.3 Å². The molecule has 0 aromatic heterocycles. The highest BCUT2D eigenvalue weighted by molar-refractivity contribution is 5.40. The molecule has 0 atom stereocenters. The van der Waals surface area contributed by atoms with Crippen molar-refractivity contribution in [2.24, 2.45) is 0 Å². The normalized spacial score (nSPS) is 10.8. The highest BCUT2D eigenvalue weighted by Gasteiger charge is 2.05. The second-order valence-corrected chi connectivity index (χ2v) is 5.57. The minimum Gasteiger partial charge on any atom is -0.457 e. The predicted octanol–water partition coefficient (Wildman–Crippen LogP) is 4.59. The van der Waals surface area contributed by atoms with Gasteiger partial charge >= 0.3 is 0 Å². The van der Waals surface area contributed by atoms with Gasteiger partial charge in [-0.05, 0) is 43.2 Å². The maximum absolute atomic E-state index is 6.06. The summed E-state index contributed by atoms with van der Waals surface area (Å²) in [5.74, 6) is 1.82. The van der Waals surface area contributed by atoms with Gasteiger partial charge < -0.3 is 10.1 Å². The smallest absolute Gasteiger partial charge is 0.131 e. The largest absolute Gasteiger partial charge is 0.457 e. The summed E-state index contributed by atoms with van der Waals surface area (Å²) in [5.41, 5.74) is 3.62. The van der Waals surface area contributed by atoms with Crippen molar-refractivity contribution in [2.75, 3.05) is 0 Å². The molecule has 0 bridgehead atoms. The van der Waals surface area contributed by atoms with Crippen LogP contribution in [0, 0.1) is 13.8 Å². The van der Waals surface area contributed by atoms with Crippen LogP contribution >= 0.6 is 0 Å². The zero-order valence-electron chi connectivity index (χ0n) is 12.7. The molecule has 106 valence electrons. The second kappa shape index (κ2) is 6.58. The fourth-order valence-electron chi connectivity index (χ4n) is 2.18. The van der Waals surface area contributed by atoms with E-state index in [1.807, 2.05) is 18.2 Å². The third-order valence-corrected chi connectivity index (χ3v) is 3.10. The summed E-state index contributed by atoms with van der Waals surface area (Å²) >= 11 is 0. The van der Waals surface area contributed by atoms with E-state index >= 15 is 0 Å². The van der Waals surface area contributed by atoms with E-state index in [9.17, 15) is 0 Å². The number of nitrogens with one attached hydrogen (secondary N) is 1. The minimum atomic E-state index is 0.462. The van der Waals surface area contributed by atoms with Gasteiger partial charge in [0.2, 0.25) is 0 Å². The van der Waals surface area contributed by atoms with Gasteiger partial charge in [-0.3, -0.25) is 0 Å². The van der Waals surface area contributed by atoms with Crippen LogP contribution in [0.5, 0.6) is 11.5 Å². The van der Waals surface area contributed by atoms with Crippen LogP contribution in [0.1, 0.15) is 30.5 Å². The number of hydrogen-bond acceptors (Lipinski definition) is 2. The van der Waals surface area contributed by atoms with Crippen LogP contribution in [-0.2, 0) is 6.54 Å². The minimum absolute atomic E-state index is 0.462. The molecule has 0 radical (unpaired) electrons. The van der Waals surface area contributed by atoms with Crippen molar-refractivity contribution < 1.29 is 4.74 Å². The van der Waals surface area contributed by atoms with Crippen LogP contribution in [0.15, 0.2) is 42.5 Å². The lowest BCUT2D eigenvalue weighted by Gasteiger charge is -2.14. The summed E-state index contributed by atoms with van der Waals surface area (Å²) in [6.07, 6.45) is 0. The number of benzene rings is 2. The van der Waals surface area contributed by atoms with Gasteiger partial charge in [-0.25, -0.2) is 0 Å². The SMILES string of the molecule is Cc1cc(C)cc(Oc2ccccc2CNC(C)C)c1. The Morgan fingerprint density at radius 2 is 1.65 bits per heavy atom. The molecule has 0 saturated heterocycles. The van der Waals surface area contributed by atoms with Crippen LogP contribution < -0.4 is 10.1 Å². The van der Waals surface area contributed by atoms with Gasteiger partial charge in [-0.1, -0.05) is 38.1 Å². The van der Waals surface area contributed by atoms with Gasteiger partial charge in [0.05, 0.1) is 0 Å². The third-order valence-electron chi connectivity index (χ3n) is 3.10.